The second-order valence-corrected chi connectivity index (χ2v) is 8.12. The van der Waals surface area contributed by atoms with Gasteiger partial charge in [0.1, 0.15) is 6.54 Å². The zero-order valence-electron chi connectivity index (χ0n) is 19.7. The predicted molar refractivity (Wildman–Crippen MR) is 124 cm³/mol. The molecule has 0 amide bonds. The number of fused-ring (bicyclic) bond motifs is 1. The minimum Gasteiger partial charge on any atom is -0.465 e. The second kappa shape index (κ2) is 11.2. The molecule has 1 atom stereocenters. The van der Waals surface area contributed by atoms with E-state index in [0.717, 1.165) is 22.0 Å². The Hall–Kier alpha value is -3.11. The molecule has 0 fully saturated rings. The number of carbonyl (C=O) groups excluding carboxylic acids is 1. The van der Waals surface area contributed by atoms with E-state index in [4.69, 9.17) is 4.74 Å². The van der Waals surface area contributed by atoms with Gasteiger partial charge in [-0.15, -0.1) is 5.10 Å². The highest BCUT2D eigenvalue weighted by Gasteiger charge is 2.26. The molecule has 178 valence electrons. The molecule has 0 aliphatic carbocycles. The first-order chi connectivity index (χ1) is 15.9. The Labute approximate surface area is 192 Å². The Morgan fingerprint density at radius 3 is 2.70 bits per heavy atom. The number of nitrogens with one attached hydrogen (secondary N) is 1. The van der Waals surface area contributed by atoms with Crippen molar-refractivity contribution < 1.29 is 14.6 Å². The second-order valence-electron chi connectivity index (χ2n) is 8.12. The summed E-state index contributed by atoms with van der Waals surface area (Å²) in [4.78, 5) is 29.9. The van der Waals surface area contributed by atoms with Gasteiger partial charge in [0.2, 0.25) is 0 Å². The van der Waals surface area contributed by atoms with Gasteiger partial charge in [0.05, 0.1) is 12.6 Å². The van der Waals surface area contributed by atoms with Crippen molar-refractivity contribution >= 4 is 16.9 Å². The van der Waals surface area contributed by atoms with Gasteiger partial charge in [0.15, 0.2) is 5.82 Å². The topological polar surface area (TPSA) is 126 Å². The lowest BCUT2D eigenvalue weighted by Gasteiger charge is -2.30. The van der Waals surface area contributed by atoms with E-state index in [0.29, 0.717) is 37.3 Å². The van der Waals surface area contributed by atoms with Crippen LogP contribution in [0.25, 0.3) is 10.9 Å². The van der Waals surface area contributed by atoms with Crippen molar-refractivity contribution in [1.29, 1.82) is 0 Å². The normalized spacial score (nSPS) is 12.4. The van der Waals surface area contributed by atoms with E-state index >= 15 is 0 Å². The maximum absolute atomic E-state index is 12.9. The Morgan fingerprint density at radius 1 is 1.24 bits per heavy atom. The minimum absolute atomic E-state index is 0.0211. The molecule has 33 heavy (non-hydrogen) atoms. The van der Waals surface area contributed by atoms with Crippen molar-refractivity contribution in [3.63, 3.8) is 0 Å². The maximum atomic E-state index is 12.9. The van der Waals surface area contributed by atoms with Crippen LogP contribution in [0.5, 0.6) is 0 Å². The number of pyridine rings is 1. The molecule has 3 aromatic rings. The number of hydrogen-bond acceptors (Lipinski definition) is 8. The molecule has 2 heterocycles. The standard InChI is InChI=1S/C23H32N6O4/c1-5-20(22-25-26-27-29(22)14-21(31)33-6-2)28(8-7-9-30)13-18-12-17-10-15(3)16(4)11-19(17)24-23(18)32/h10-12,20,30H,5-9,13-14H2,1-4H3,(H,24,32)/t20-/m0/s1. The molecule has 2 N–H and O–H groups in total. The van der Waals surface area contributed by atoms with Crippen LogP contribution in [0.15, 0.2) is 23.0 Å². The van der Waals surface area contributed by atoms with E-state index in [1.54, 1.807) is 6.92 Å². The summed E-state index contributed by atoms with van der Waals surface area (Å²) >= 11 is 0. The van der Waals surface area contributed by atoms with Crippen molar-refractivity contribution in [1.82, 2.24) is 30.1 Å². The molecule has 0 aliphatic rings. The first-order valence-electron chi connectivity index (χ1n) is 11.3. The Balaban J connectivity index is 1.94. The molecule has 0 radical (unpaired) electrons. The maximum Gasteiger partial charge on any atom is 0.327 e. The van der Waals surface area contributed by atoms with E-state index in [-0.39, 0.29) is 31.4 Å². The van der Waals surface area contributed by atoms with Crippen LogP contribution < -0.4 is 5.56 Å². The number of esters is 1. The molecule has 0 aliphatic heterocycles. The summed E-state index contributed by atoms with van der Waals surface area (Å²) in [6.45, 7) is 8.90. The highest BCUT2D eigenvalue weighted by Crippen LogP contribution is 2.25. The van der Waals surface area contributed by atoms with Crippen LogP contribution in [0.2, 0.25) is 0 Å². The molecule has 0 spiro atoms. The number of aromatic amines is 1. The fraction of sp³-hybridized carbons (Fsp3) is 0.522. The van der Waals surface area contributed by atoms with Gasteiger partial charge in [-0.1, -0.05) is 6.92 Å². The van der Waals surface area contributed by atoms with Gasteiger partial charge in [-0.2, -0.15) is 0 Å². The van der Waals surface area contributed by atoms with Gasteiger partial charge < -0.3 is 14.8 Å². The summed E-state index contributed by atoms with van der Waals surface area (Å²) in [6.07, 6.45) is 1.18. The molecule has 1 aromatic carbocycles. The van der Waals surface area contributed by atoms with Crippen LogP contribution >= 0.6 is 0 Å². The molecular formula is C23H32N6O4. The van der Waals surface area contributed by atoms with Gasteiger partial charge in [-0.05, 0) is 78.8 Å². The Bertz CT molecular complexity index is 1160. The molecule has 0 saturated carbocycles. The van der Waals surface area contributed by atoms with Crippen LogP contribution in [-0.4, -0.2) is 60.9 Å². The molecule has 0 saturated heterocycles. The lowest BCUT2D eigenvalue weighted by molar-refractivity contribution is -0.144. The highest BCUT2D eigenvalue weighted by molar-refractivity contribution is 5.80. The number of tetrazole rings is 1. The fourth-order valence-corrected chi connectivity index (χ4v) is 3.97. The Morgan fingerprint density at radius 2 is 2.00 bits per heavy atom. The third-order valence-electron chi connectivity index (χ3n) is 5.78. The van der Waals surface area contributed by atoms with E-state index in [1.165, 1.54) is 4.68 Å². The number of aliphatic hydroxyl groups excluding tert-OH is 1. The van der Waals surface area contributed by atoms with Crippen LogP contribution in [0.4, 0.5) is 0 Å². The lowest BCUT2D eigenvalue weighted by Crippen LogP contribution is -2.34. The third-order valence-corrected chi connectivity index (χ3v) is 5.78. The summed E-state index contributed by atoms with van der Waals surface area (Å²) in [5, 5.41) is 22.3. The van der Waals surface area contributed by atoms with Crippen LogP contribution in [0.3, 0.4) is 0 Å². The molecule has 0 bridgehead atoms. The molecule has 3 rings (SSSR count). The van der Waals surface area contributed by atoms with Gasteiger partial charge >= 0.3 is 5.97 Å². The number of rotatable bonds is 11. The molecule has 2 aromatic heterocycles. The van der Waals surface area contributed by atoms with Gasteiger partial charge in [0.25, 0.3) is 5.56 Å². The van der Waals surface area contributed by atoms with Gasteiger partial charge in [-0.3, -0.25) is 14.5 Å². The molecule has 0 unspecified atom stereocenters. The number of hydrogen-bond donors (Lipinski definition) is 2. The first kappa shape index (κ1) is 24.5. The van der Waals surface area contributed by atoms with Crippen molar-refractivity contribution in [3.05, 3.63) is 51.1 Å². The third kappa shape index (κ3) is 5.82. The van der Waals surface area contributed by atoms with Crippen LogP contribution in [-0.2, 0) is 22.6 Å². The lowest BCUT2D eigenvalue weighted by atomic mass is 10.0. The predicted octanol–water partition coefficient (Wildman–Crippen LogP) is 2.03. The van der Waals surface area contributed by atoms with E-state index < -0.39 is 5.97 Å². The molecule has 10 nitrogen and oxygen atoms in total. The number of ether oxygens (including phenoxy) is 1. The average Bonchev–Trinajstić information content (AvgIpc) is 3.22. The first-order valence-corrected chi connectivity index (χ1v) is 11.3. The minimum atomic E-state index is -0.417. The average molecular weight is 457 g/mol. The zero-order chi connectivity index (χ0) is 24.0. The fourth-order valence-electron chi connectivity index (χ4n) is 3.97. The number of H-pyrrole nitrogens is 1. The number of carbonyl (C=O) groups is 1. The largest absolute Gasteiger partial charge is 0.465 e. The van der Waals surface area contributed by atoms with E-state index in [9.17, 15) is 14.7 Å². The number of nitrogens with zero attached hydrogens (tertiary/aromatic N) is 5. The summed E-state index contributed by atoms with van der Waals surface area (Å²) in [6, 6.07) is 5.72. The number of benzene rings is 1. The monoisotopic (exact) mass is 456 g/mol. The van der Waals surface area contributed by atoms with Crippen LogP contribution in [0, 0.1) is 13.8 Å². The Kier molecular flexibility index (Phi) is 8.29. The number of aryl methyl sites for hydroxylation is 2. The summed E-state index contributed by atoms with van der Waals surface area (Å²) < 4.78 is 6.47. The smallest absolute Gasteiger partial charge is 0.327 e. The van der Waals surface area contributed by atoms with Gasteiger partial charge in [0, 0.05) is 30.8 Å². The summed E-state index contributed by atoms with van der Waals surface area (Å²) in [5.74, 6) is 0.103. The summed E-state index contributed by atoms with van der Waals surface area (Å²) in [5.41, 5.74) is 3.55. The SMILES string of the molecule is CCOC(=O)Cn1nnnc1[C@H](CC)N(CCCO)Cc1cc2cc(C)c(C)cc2[nH]c1=O. The van der Waals surface area contributed by atoms with Gasteiger partial charge in [-0.25, -0.2) is 4.68 Å². The van der Waals surface area contributed by atoms with E-state index in [1.807, 2.05) is 32.9 Å². The van der Waals surface area contributed by atoms with Crippen molar-refractivity contribution in [2.45, 2.75) is 59.7 Å². The quantitative estimate of drug-likeness (QED) is 0.420. The van der Waals surface area contributed by atoms with Crippen molar-refractivity contribution in [2.24, 2.45) is 0 Å². The molecule has 10 heteroatoms. The summed E-state index contributed by atoms with van der Waals surface area (Å²) in [7, 11) is 0. The van der Waals surface area contributed by atoms with Crippen molar-refractivity contribution in [3.8, 4) is 0 Å². The molecular weight excluding hydrogens is 424 g/mol. The number of aliphatic hydroxyl groups is 1. The highest BCUT2D eigenvalue weighted by atomic mass is 16.5. The zero-order valence-corrected chi connectivity index (χ0v) is 19.7. The van der Waals surface area contributed by atoms with E-state index in [2.05, 4.69) is 31.5 Å². The van der Waals surface area contributed by atoms with Crippen LogP contribution in [0.1, 0.15) is 55.2 Å². The number of aromatic nitrogens is 5. The van der Waals surface area contributed by atoms with Crippen molar-refractivity contribution in [2.75, 3.05) is 19.8 Å².